The number of benzene rings is 2. The topological polar surface area (TPSA) is 90.7 Å². The van der Waals surface area contributed by atoms with Gasteiger partial charge >= 0.3 is 0 Å². The maximum absolute atomic E-state index is 13.5. The molecule has 2 aromatic carbocycles. The number of rotatable bonds is 16. The minimum atomic E-state index is -0.299. The summed E-state index contributed by atoms with van der Waals surface area (Å²) in [6, 6.07) is 16.0. The van der Waals surface area contributed by atoms with E-state index in [0.29, 0.717) is 60.6 Å². The molecule has 0 radical (unpaired) electrons. The Kier molecular flexibility index (Phi) is 12.0. The highest BCUT2D eigenvalue weighted by atomic mass is 35.5. The fraction of sp³-hybridized carbons (Fsp3) is 0.379. The molecule has 0 unspecified atom stereocenters. The summed E-state index contributed by atoms with van der Waals surface area (Å²) >= 11 is 5.92. The van der Waals surface area contributed by atoms with Gasteiger partial charge in [-0.3, -0.25) is 9.59 Å². The molecule has 3 aromatic rings. The zero-order chi connectivity index (χ0) is 28.0. The van der Waals surface area contributed by atoms with E-state index in [1.54, 1.807) is 62.8 Å². The van der Waals surface area contributed by atoms with E-state index in [1.807, 2.05) is 24.3 Å². The zero-order valence-electron chi connectivity index (χ0n) is 22.6. The summed E-state index contributed by atoms with van der Waals surface area (Å²) in [5.74, 6) is 1.92. The van der Waals surface area contributed by atoms with Gasteiger partial charge in [0, 0.05) is 31.8 Å². The van der Waals surface area contributed by atoms with E-state index < -0.39 is 0 Å². The zero-order valence-corrected chi connectivity index (χ0v) is 23.3. The van der Waals surface area contributed by atoms with Gasteiger partial charge in [0.05, 0.1) is 33.6 Å². The average Bonchev–Trinajstić information content (AvgIpc) is 3.47. The van der Waals surface area contributed by atoms with Gasteiger partial charge in [0.15, 0.2) is 18.1 Å². The maximum atomic E-state index is 13.5. The lowest BCUT2D eigenvalue weighted by Crippen LogP contribution is -2.45. The third kappa shape index (κ3) is 9.53. The molecule has 0 aliphatic carbocycles. The number of amides is 2. The summed E-state index contributed by atoms with van der Waals surface area (Å²) in [4.78, 5) is 29.8. The molecule has 9 nitrogen and oxygen atoms in total. The number of carbonyl (C=O) groups excluding carboxylic acids is 2. The molecule has 0 aliphatic rings. The lowest BCUT2D eigenvalue weighted by molar-refractivity contribution is -0.142. The van der Waals surface area contributed by atoms with E-state index >= 15 is 0 Å². The highest BCUT2D eigenvalue weighted by Gasteiger charge is 2.23. The van der Waals surface area contributed by atoms with Gasteiger partial charge in [0.1, 0.15) is 11.5 Å². The number of hydrogen-bond acceptors (Lipinski definition) is 7. The number of methoxy groups -OCH3 is 3. The van der Waals surface area contributed by atoms with Crippen LogP contribution in [0.2, 0.25) is 5.02 Å². The Hall–Kier alpha value is -3.69. The monoisotopic (exact) mass is 558 g/mol. The van der Waals surface area contributed by atoms with Crippen molar-refractivity contribution in [2.75, 3.05) is 54.2 Å². The first kappa shape index (κ1) is 29.9. The second-order valence-corrected chi connectivity index (χ2v) is 9.17. The lowest BCUT2D eigenvalue weighted by Gasteiger charge is -2.27. The van der Waals surface area contributed by atoms with Crippen molar-refractivity contribution < 1.29 is 33.0 Å². The Morgan fingerprint density at radius 3 is 2.33 bits per heavy atom. The van der Waals surface area contributed by atoms with Crippen LogP contribution in [-0.2, 0) is 27.3 Å². The minimum Gasteiger partial charge on any atom is -0.493 e. The van der Waals surface area contributed by atoms with Crippen LogP contribution < -0.4 is 14.2 Å². The molecule has 0 atom stereocenters. The van der Waals surface area contributed by atoms with Gasteiger partial charge in [-0.1, -0.05) is 17.7 Å². The van der Waals surface area contributed by atoms with Crippen LogP contribution in [0.5, 0.6) is 17.2 Å². The summed E-state index contributed by atoms with van der Waals surface area (Å²) in [7, 11) is 4.77. The molecule has 0 fully saturated rings. The fourth-order valence-corrected chi connectivity index (χ4v) is 4.03. The number of carbonyl (C=O) groups is 2. The molecule has 0 bridgehead atoms. The molecule has 0 aliphatic heterocycles. The van der Waals surface area contributed by atoms with Gasteiger partial charge in [-0.05, 0) is 66.9 Å². The van der Waals surface area contributed by atoms with Gasteiger partial charge in [-0.2, -0.15) is 0 Å². The smallest absolute Gasteiger partial charge is 0.260 e. The van der Waals surface area contributed by atoms with E-state index in [4.69, 9.17) is 35.0 Å². The van der Waals surface area contributed by atoms with Gasteiger partial charge in [-0.15, -0.1) is 0 Å². The summed E-state index contributed by atoms with van der Waals surface area (Å²) in [6.07, 6.45) is 2.73. The van der Waals surface area contributed by atoms with Crippen LogP contribution >= 0.6 is 11.6 Å². The van der Waals surface area contributed by atoms with Crippen LogP contribution in [0, 0.1) is 0 Å². The molecule has 1 aromatic heterocycles. The molecule has 2 amide bonds. The second kappa shape index (κ2) is 15.7. The SMILES string of the molecule is COCCCN(CC(=O)N(CCc1ccc(OC)c(OC)c1)Cc1ccco1)C(=O)COc1ccc(Cl)cc1. The van der Waals surface area contributed by atoms with E-state index in [0.717, 1.165) is 5.56 Å². The molecular formula is C29H35ClN2O7. The van der Waals surface area contributed by atoms with E-state index in [2.05, 4.69) is 0 Å². The standard InChI is InChI=1S/C29H35ClN2O7/c1-35-16-5-14-31(29(34)21-39-24-10-8-23(30)9-11-24)20-28(33)32(19-25-6-4-17-38-25)15-13-22-7-12-26(36-2)27(18-22)37-3/h4,6-12,17-18H,5,13-16,19-21H2,1-3H3. The number of nitrogens with zero attached hydrogens (tertiary/aromatic N) is 2. The van der Waals surface area contributed by atoms with Crippen molar-refractivity contribution in [3.8, 4) is 17.2 Å². The van der Waals surface area contributed by atoms with Crippen LogP contribution in [0.4, 0.5) is 0 Å². The van der Waals surface area contributed by atoms with E-state index in [1.165, 1.54) is 4.90 Å². The predicted octanol–water partition coefficient (Wildman–Crippen LogP) is 4.47. The maximum Gasteiger partial charge on any atom is 0.260 e. The van der Waals surface area contributed by atoms with Crippen molar-refractivity contribution in [2.24, 2.45) is 0 Å². The quantitative estimate of drug-likeness (QED) is 0.240. The van der Waals surface area contributed by atoms with Crippen molar-refractivity contribution in [3.05, 3.63) is 77.2 Å². The number of furan rings is 1. The predicted molar refractivity (Wildman–Crippen MR) is 147 cm³/mol. The first-order chi connectivity index (χ1) is 18.9. The average molecular weight is 559 g/mol. The minimum absolute atomic E-state index is 0.0980. The van der Waals surface area contributed by atoms with Gasteiger partial charge in [0.2, 0.25) is 5.91 Å². The Morgan fingerprint density at radius 2 is 1.67 bits per heavy atom. The summed E-state index contributed by atoms with van der Waals surface area (Å²) in [5.41, 5.74) is 0.981. The number of halogens is 1. The molecule has 3 rings (SSSR count). The lowest BCUT2D eigenvalue weighted by atomic mass is 10.1. The number of hydrogen-bond donors (Lipinski definition) is 0. The fourth-order valence-electron chi connectivity index (χ4n) is 3.90. The van der Waals surface area contributed by atoms with E-state index in [9.17, 15) is 9.59 Å². The third-order valence-corrected chi connectivity index (χ3v) is 6.28. The van der Waals surface area contributed by atoms with Crippen LogP contribution in [0.1, 0.15) is 17.7 Å². The molecule has 0 saturated carbocycles. The molecule has 39 heavy (non-hydrogen) atoms. The van der Waals surface area contributed by atoms with Crippen molar-refractivity contribution in [1.29, 1.82) is 0 Å². The molecular weight excluding hydrogens is 524 g/mol. The molecule has 0 saturated heterocycles. The molecule has 1 heterocycles. The molecule has 10 heteroatoms. The Bertz CT molecular complexity index is 1170. The number of ether oxygens (including phenoxy) is 4. The third-order valence-electron chi connectivity index (χ3n) is 6.03. The van der Waals surface area contributed by atoms with Crippen LogP contribution in [0.25, 0.3) is 0 Å². The van der Waals surface area contributed by atoms with Gasteiger partial charge in [-0.25, -0.2) is 0 Å². The highest BCUT2D eigenvalue weighted by Crippen LogP contribution is 2.28. The van der Waals surface area contributed by atoms with Crippen molar-refractivity contribution in [3.63, 3.8) is 0 Å². The van der Waals surface area contributed by atoms with Crippen molar-refractivity contribution in [1.82, 2.24) is 9.80 Å². The second-order valence-electron chi connectivity index (χ2n) is 8.74. The first-order valence-electron chi connectivity index (χ1n) is 12.6. The van der Waals surface area contributed by atoms with Crippen LogP contribution in [0.15, 0.2) is 65.3 Å². The molecule has 0 N–H and O–H groups in total. The van der Waals surface area contributed by atoms with Crippen molar-refractivity contribution >= 4 is 23.4 Å². The van der Waals surface area contributed by atoms with Gasteiger partial charge in [0.25, 0.3) is 5.91 Å². The van der Waals surface area contributed by atoms with Gasteiger partial charge < -0.3 is 33.2 Å². The summed E-state index contributed by atoms with van der Waals surface area (Å²) in [5, 5.41) is 0.574. The normalized spacial score (nSPS) is 10.7. The Labute approximate surface area is 234 Å². The largest absolute Gasteiger partial charge is 0.493 e. The summed E-state index contributed by atoms with van der Waals surface area (Å²) < 4.78 is 27.0. The molecule has 210 valence electrons. The Morgan fingerprint density at radius 1 is 0.897 bits per heavy atom. The Balaban J connectivity index is 1.69. The van der Waals surface area contributed by atoms with E-state index in [-0.39, 0.29) is 31.5 Å². The summed E-state index contributed by atoms with van der Waals surface area (Å²) in [6.45, 7) is 1.21. The van der Waals surface area contributed by atoms with Crippen LogP contribution in [0.3, 0.4) is 0 Å². The molecule has 0 spiro atoms. The van der Waals surface area contributed by atoms with Crippen molar-refractivity contribution in [2.45, 2.75) is 19.4 Å². The first-order valence-corrected chi connectivity index (χ1v) is 13.0. The highest BCUT2D eigenvalue weighted by molar-refractivity contribution is 6.30. The van der Waals surface area contributed by atoms with Crippen LogP contribution in [-0.4, -0.2) is 75.8 Å².